The van der Waals surface area contributed by atoms with E-state index in [4.69, 9.17) is 9.47 Å². The minimum absolute atomic E-state index is 0.0658. The van der Waals surface area contributed by atoms with E-state index in [9.17, 15) is 14.4 Å². The van der Waals surface area contributed by atoms with Crippen molar-refractivity contribution < 1.29 is 23.9 Å². The maximum absolute atomic E-state index is 13.1. The van der Waals surface area contributed by atoms with Crippen LogP contribution < -0.4 is 10.6 Å². The van der Waals surface area contributed by atoms with E-state index in [1.54, 1.807) is 6.20 Å². The Bertz CT molecular complexity index is 1030. The third kappa shape index (κ3) is 7.49. The van der Waals surface area contributed by atoms with Crippen molar-refractivity contribution in [2.45, 2.75) is 31.5 Å². The van der Waals surface area contributed by atoms with Gasteiger partial charge in [0.1, 0.15) is 18.7 Å². The minimum atomic E-state index is -0.970. The smallest absolute Gasteiger partial charge is 0.408 e. The van der Waals surface area contributed by atoms with Gasteiger partial charge in [-0.2, -0.15) is 0 Å². The first-order chi connectivity index (χ1) is 16.0. The van der Waals surface area contributed by atoms with E-state index >= 15 is 0 Å². The van der Waals surface area contributed by atoms with Gasteiger partial charge in [-0.05, 0) is 11.1 Å². The number of methoxy groups -OCH3 is 1. The molecule has 0 fully saturated rings. The zero-order chi connectivity index (χ0) is 23.5. The van der Waals surface area contributed by atoms with Crippen LogP contribution in [-0.4, -0.2) is 47.1 Å². The number of amides is 2. The standard InChI is InChI=1S/C24H26N4O5/c1-32-23(30)21(13-19-14-25-16-26-19)27-22(29)20(12-17-8-4-2-5-9-17)28-24(31)33-15-18-10-6-3-7-11-18/h2-11,14,16,20-21H,12-13,15H2,1H3,(H,25,26)(H,27,29)(H,28,31)/t20-,21-/m1/s1. The molecule has 172 valence electrons. The van der Waals surface area contributed by atoms with E-state index in [0.29, 0.717) is 5.69 Å². The summed E-state index contributed by atoms with van der Waals surface area (Å²) in [5.74, 6) is -1.15. The van der Waals surface area contributed by atoms with Gasteiger partial charge in [0.25, 0.3) is 0 Å². The molecule has 1 heterocycles. The monoisotopic (exact) mass is 450 g/mol. The lowest BCUT2D eigenvalue weighted by molar-refractivity contribution is -0.145. The second-order valence-electron chi connectivity index (χ2n) is 7.30. The highest BCUT2D eigenvalue weighted by Gasteiger charge is 2.28. The zero-order valence-corrected chi connectivity index (χ0v) is 18.2. The Kier molecular flexibility index (Phi) is 8.58. The lowest BCUT2D eigenvalue weighted by Crippen LogP contribution is -2.53. The fourth-order valence-electron chi connectivity index (χ4n) is 3.19. The number of ether oxygens (including phenoxy) is 2. The molecule has 0 bridgehead atoms. The van der Waals surface area contributed by atoms with Gasteiger partial charge in [0.2, 0.25) is 5.91 Å². The van der Waals surface area contributed by atoms with Crippen LogP contribution in [0.3, 0.4) is 0 Å². The Morgan fingerprint density at radius 1 is 0.909 bits per heavy atom. The molecular weight excluding hydrogens is 424 g/mol. The molecule has 0 radical (unpaired) electrons. The molecule has 0 aliphatic carbocycles. The normalized spacial score (nSPS) is 12.3. The van der Waals surface area contributed by atoms with Gasteiger partial charge in [-0.1, -0.05) is 60.7 Å². The SMILES string of the molecule is COC(=O)[C@@H](Cc1c[nH]cn1)NC(=O)[C@@H](Cc1ccccc1)NC(=O)OCc1ccccc1. The Labute approximate surface area is 191 Å². The highest BCUT2D eigenvalue weighted by molar-refractivity contribution is 5.90. The third-order valence-electron chi connectivity index (χ3n) is 4.87. The lowest BCUT2D eigenvalue weighted by Gasteiger charge is -2.22. The lowest BCUT2D eigenvalue weighted by atomic mass is 10.0. The number of alkyl carbamates (subject to hydrolysis) is 1. The van der Waals surface area contributed by atoms with Gasteiger partial charge >= 0.3 is 12.1 Å². The highest BCUT2D eigenvalue weighted by atomic mass is 16.5. The van der Waals surface area contributed by atoms with Crippen LogP contribution in [0.4, 0.5) is 4.79 Å². The second kappa shape index (κ2) is 12.0. The van der Waals surface area contributed by atoms with Gasteiger partial charge < -0.3 is 25.1 Å². The fourth-order valence-corrected chi connectivity index (χ4v) is 3.19. The van der Waals surface area contributed by atoms with Crippen molar-refractivity contribution in [3.63, 3.8) is 0 Å². The van der Waals surface area contributed by atoms with Crippen molar-refractivity contribution in [1.82, 2.24) is 20.6 Å². The molecule has 9 nitrogen and oxygen atoms in total. The summed E-state index contributed by atoms with van der Waals surface area (Å²) in [6, 6.07) is 16.5. The summed E-state index contributed by atoms with van der Waals surface area (Å²) in [7, 11) is 1.24. The predicted octanol–water partition coefficient (Wildman–Crippen LogP) is 2.15. The Morgan fingerprint density at radius 2 is 1.58 bits per heavy atom. The molecule has 2 aromatic carbocycles. The average Bonchev–Trinajstić information content (AvgIpc) is 3.36. The molecule has 1 aromatic heterocycles. The molecule has 0 spiro atoms. The molecule has 0 aliphatic heterocycles. The Morgan fingerprint density at radius 3 is 2.18 bits per heavy atom. The van der Waals surface area contributed by atoms with Crippen molar-refractivity contribution in [3.05, 3.63) is 90.0 Å². The first-order valence-electron chi connectivity index (χ1n) is 10.4. The second-order valence-corrected chi connectivity index (χ2v) is 7.30. The van der Waals surface area contributed by atoms with Gasteiger partial charge in [-0.15, -0.1) is 0 Å². The molecule has 2 atom stereocenters. The number of nitrogens with one attached hydrogen (secondary N) is 3. The number of nitrogens with zero attached hydrogens (tertiary/aromatic N) is 1. The van der Waals surface area contributed by atoms with Gasteiger partial charge in [0.05, 0.1) is 19.1 Å². The number of rotatable bonds is 10. The number of hydrogen-bond acceptors (Lipinski definition) is 6. The van der Waals surface area contributed by atoms with Crippen LogP contribution in [0.5, 0.6) is 0 Å². The fraction of sp³-hybridized carbons (Fsp3) is 0.250. The molecule has 9 heteroatoms. The number of carbonyl (C=O) groups is 3. The number of carbonyl (C=O) groups excluding carboxylic acids is 3. The topological polar surface area (TPSA) is 122 Å². The summed E-state index contributed by atoms with van der Waals surface area (Å²) in [5, 5.41) is 5.28. The number of esters is 1. The third-order valence-corrected chi connectivity index (χ3v) is 4.87. The van der Waals surface area contributed by atoms with Gasteiger partial charge in [0, 0.05) is 19.0 Å². The summed E-state index contributed by atoms with van der Waals surface area (Å²) in [6.45, 7) is 0.0658. The van der Waals surface area contributed by atoms with Crippen LogP contribution in [0.25, 0.3) is 0 Å². The van der Waals surface area contributed by atoms with Crippen LogP contribution in [0.1, 0.15) is 16.8 Å². The summed E-state index contributed by atoms with van der Waals surface area (Å²) in [5.41, 5.74) is 2.24. The average molecular weight is 450 g/mol. The maximum Gasteiger partial charge on any atom is 0.408 e. The molecule has 0 aliphatic rings. The van der Waals surface area contributed by atoms with Crippen LogP contribution in [0.15, 0.2) is 73.2 Å². The van der Waals surface area contributed by atoms with Crippen LogP contribution in [0.2, 0.25) is 0 Å². The number of imidazole rings is 1. The summed E-state index contributed by atoms with van der Waals surface area (Å²) in [6.07, 6.45) is 2.72. The quantitative estimate of drug-likeness (QED) is 0.407. The minimum Gasteiger partial charge on any atom is -0.467 e. The number of hydrogen-bond donors (Lipinski definition) is 3. The van der Waals surface area contributed by atoms with E-state index in [1.165, 1.54) is 13.4 Å². The van der Waals surface area contributed by atoms with Gasteiger partial charge in [-0.25, -0.2) is 14.6 Å². The summed E-state index contributed by atoms with van der Waals surface area (Å²) in [4.78, 5) is 44.7. The predicted molar refractivity (Wildman–Crippen MR) is 120 cm³/mol. The van der Waals surface area contributed by atoms with Gasteiger partial charge in [-0.3, -0.25) is 4.79 Å². The number of aromatic nitrogens is 2. The molecule has 3 rings (SSSR count). The number of benzene rings is 2. The number of H-pyrrole nitrogens is 1. The van der Waals surface area contributed by atoms with E-state index in [2.05, 4.69) is 20.6 Å². The molecule has 2 amide bonds. The van der Waals surface area contributed by atoms with Crippen LogP contribution in [0, 0.1) is 0 Å². The first kappa shape index (κ1) is 23.5. The van der Waals surface area contributed by atoms with Gasteiger partial charge in [0.15, 0.2) is 0 Å². The Balaban J connectivity index is 1.69. The van der Waals surface area contributed by atoms with E-state index in [1.807, 2.05) is 60.7 Å². The van der Waals surface area contributed by atoms with Crippen molar-refractivity contribution in [1.29, 1.82) is 0 Å². The molecule has 3 aromatic rings. The van der Waals surface area contributed by atoms with Crippen molar-refractivity contribution in [2.75, 3.05) is 7.11 Å². The summed E-state index contributed by atoms with van der Waals surface area (Å²) >= 11 is 0. The van der Waals surface area contributed by atoms with Crippen molar-refractivity contribution in [3.8, 4) is 0 Å². The van der Waals surface area contributed by atoms with E-state index in [0.717, 1.165) is 11.1 Å². The molecule has 0 saturated heterocycles. The highest BCUT2D eigenvalue weighted by Crippen LogP contribution is 2.07. The van der Waals surface area contributed by atoms with Crippen molar-refractivity contribution in [2.24, 2.45) is 0 Å². The molecule has 3 N–H and O–H groups in total. The first-order valence-corrected chi connectivity index (χ1v) is 10.4. The van der Waals surface area contributed by atoms with E-state index in [-0.39, 0.29) is 19.4 Å². The van der Waals surface area contributed by atoms with Crippen LogP contribution >= 0.6 is 0 Å². The van der Waals surface area contributed by atoms with E-state index < -0.39 is 30.1 Å². The number of aromatic amines is 1. The Hall–Kier alpha value is -4.14. The molecule has 0 saturated carbocycles. The zero-order valence-electron chi connectivity index (χ0n) is 18.2. The largest absolute Gasteiger partial charge is 0.467 e. The van der Waals surface area contributed by atoms with Crippen molar-refractivity contribution >= 4 is 18.0 Å². The molecular formula is C24H26N4O5. The molecule has 0 unspecified atom stereocenters. The van der Waals surface area contributed by atoms with Crippen LogP contribution in [-0.2, 0) is 38.5 Å². The maximum atomic E-state index is 13.1. The summed E-state index contributed by atoms with van der Waals surface area (Å²) < 4.78 is 10.1. The molecule has 33 heavy (non-hydrogen) atoms.